The van der Waals surface area contributed by atoms with Crippen molar-refractivity contribution in [1.82, 2.24) is 14.5 Å². The molecule has 0 amide bonds. The average Bonchev–Trinajstić information content (AvgIpc) is 2.78. The Morgan fingerprint density at radius 3 is 2.85 bits per heavy atom. The van der Waals surface area contributed by atoms with E-state index < -0.39 is 0 Å². The summed E-state index contributed by atoms with van der Waals surface area (Å²) in [4.78, 5) is 6.72. The van der Waals surface area contributed by atoms with E-state index in [1.807, 2.05) is 18.2 Å². The molecule has 110 valence electrons. The zero-order valence-electron chi connectivity index (χ0n) is 12.6. The van der Waals surface area contributed by atoms with Gasteiger partial charge in [0, 0.05) is 13.1 Å². The van der Waals surface area contributed by atoms with Crippen LogP contribution in [0.2, 0.25) is 0 Å². The van der Waals surface area contributed by atoms with Gasteiger partial charge >= 0.3 is 0 Å². The van der Waals surface area contributed by atoms with Gasteiger partial charge in [-0.2, -0.15) is 0 Å². The number of fused-ring (bicyclic) bond motifs is 1. The second-order valence-electron chi connectivity index (χ2n) is 4.99. The molecule has 0 aliphatic rings. The third kappa shape index (κ3) is 3.04. The van der Waals surface area contributed by atoms with Crippen LogP contribution in [0.15, 0.2) is 18.2 Å². The highest BCUT2D eigenvalue weighted by atomic mass is 16.5. The number of hydrogen-bond acceptors (Lipinski definition) is 4. The number of nitrogens with two attached hydrogens (primary N) is 1. The van der Waals surface area contributed by atoms with Crippen LogP contribution in [-0.4, -0.2) is 41.2 Å². The van der Waals surface area contributed by atoms with Gasteiger partial charge in [-0.05, 0) is 32.1 Å². The number of imidazole rings is 1. The first-order valence-corrected chi connectivity index (χ1v) is 7.23. The lowest BCUT2D eigenvalue weighted by molar-refractivity contribution is 0.320. The molecule has 0 aliphatic carbocycles. The summed E-state index contributed by atoms with van der Waals surface area (Å²) in [6.45, 7) is 7.75. The summed E-state index contributed by atoms with van der Waals surface area (Å²) in [5, 5.41) is 0. The number of benzene rings is 1. The summed E-state index contributed by atoms with van der Waals surface area (Å²) in [5.41, 5.74) is 7.96. The van der Waals surface area contributed by atoms with Crippen LogP contribution in [0.4, 0.5) is 5.95 Å². The van der Waals surface area contributed by atoms with Crippen LogP contribution in [0.3, 0.4) is 0 Å². The van der Waals surface area contributed by atoms with E-state index in [0.717, 1.165) is 42.8 Å². The van der Waals surface area contributed by atoms with Crippen LogP contribution in [0, 0.1) is 0 Å². The summed E-state index contributed by atoms with van der Waals surface area (Å²) in [7, 11) is 2.10. The van der Waals surface area contributed by atoms with Crippen LogP contribution in [0.25, 0.3) is 11.0 Å². The van der Waals surface area contributed by atoms with Gasteiger partial charge in [-0.3, -0.25) is 0 Å². The van der Waals surface area contributed by atoms with Crippen molar-refractivity contribution in [3.63, 3.8) is 0 Å². The monoisotopic (exact) mass is 276 g/mol. The zero-order valence-corrected chi connectivity index (χ0v) is 12.6. The van der Waals surface area contributed by atoms with Gasteiger partial charge in [-0.25, -0.2) is 4.98 Å². The highest BCUT2D eigenvalue weighted by molar-refractivity contribution is 5.84. The fraction of sp³-hybridized carbons (Fsp3) is 0.533. The lowest BCUT2D eigenvalue weighted by atomic mass is 10.3. The Labute approximate surface area is 120 Å². The molecule has 0 fully saturated rings. The first kappa shape index (κ1) is 14.7. The summed E-state index contributed by atoms with van der Waals surface area (Å²) >= 11 is 0. The third-order valence-electron chi connectivity index (χ3n) is 3.48. The minimum Gasteiger partial charge on any atom is -0.491 e. The molecule has 0 spiro atoms. The molecule has 1 heterocycles. The number of hydrogen-bond donors (Lipinski definition) is 1. The van der Waals surface area contributed by atoms with Crippen LogP contribution >= 0.6 is 0 Å². The predicted molar refractivity (Wildman–Crippen MR) is 83.1 cm³/mol. The third-order valence-corrected chi connectivity index (χ3v) is 3.48. The summed E-state index contributed by atoms with van der Waals surface area (Å²) in [6.07, 6.45) is 0.980. The van der Waals surface area contributed by atoms with Crippen LogP contribution in [-0.2, 0) is 6.54 Å². The molecule has 0 saturated heterocycles. The van der Waals surface area contributed by atoms with Crippen molar-refractivity contribution < 1.29 is 4.74 Å². The van der Waals surface area contributed by atoms with E-state index in [2.05, 4.69) is 35.3 Å². The lowest BCUT2D eigenvalue weighted by Gasteiger charge is -2.15. The second kappa shape index (κ2) is 6.61. The second-order valence-corrected chi connectivity index (χ2v) is 4.99. The molecule has 0 unspecified atom stereocenters. The molecule has 5 nitrogen and oxygen atoms in total. The fourth-order valence-electron chi connectivity index (χ4n) is 2.13. The Kier molecular flexibility index (Phi) is 4.84. The Hall–Kier alpha value is -1.75. The van der Waals surface area contributed by atoms with Crippen molar-refractivity contribution in [3.8, 4) is 5.75 Å². The van der Waals surface area contributed by atoms with Crippen molar-refractivity contribution in [2.75, 3.05) is 32.5 Å². The fourth-order valence-corrected chi connectivity index (χ4v) is 2.13. The standard InChI is InChI=1S/C15H24N4O/c1-4-11-20-13-8-6-7-12-14(13)17-15(16)19(12)10-9-18(3)5-2/h6-8H,4-5,9-11H2,1-3H3,(H2,16,17). The Morgan fingerprint density at radius 2 is 2.15 bits per heavy atom. The maximum atomic E-state index is 6.06. The van der Waals surface area contributed by atoms with Crippen molar-refractivity contribution in [2.45, 2.75) is 26.8 Å². The number of para-hydroxylation sites is 1. The molecule has 0 atom stereocenters. The number of aromatic nitrogens is 2. The van der Waals surface area contributed by atoms with E-state index in [1.54, 1.807) is 0 Å². The van der Waals surface area contributed by atoms with Gasteiger partial charge < -0.3 is 19.9 Å². The van der Waals surface area contributed by atoms with Gasteiger partial charge in [-0.15, -0.1) is 0 Å². The van der Waals surface area contributed by atoms with Crippen molar-refractivity contribution in [2.24, 2.45) is 0 Å². The number of anilines is 1. The topological polar surface area (TPSA) is 56.3 Å². The number of ether oxygens (including phenoxy) is 1. The maximum absolute atomic E-state index is 6.06. The molecule has 0 aliphatic heterocycles. The Balaban J connectivity index is 2.29. The van der Waals surface area contributed by atoms with Crippen molar-refractivity contribution in [3.05, 3.63) is 18.2 Å². The summed E-state index contributed by atoms with van der Waals surface area (Å²) in [6, 6.07) is 5.99. The molecule has 2 N–H and O–H groups in total. The van der Waals surface area contributed by atoms with E-state index in [9.17, 15) is 0 Å². The van der Waals surface area contributed by atoms with E-state index >= 15 is 0 Å². The minimum atomic E-state index is 0.553. The zero-order chi connectivity index (χ0) is 14.5. The van der Waals surface area contributed by atoms with Gasteiger partial charge in [0.05, 0.1) is 12.1 Å². The first-order chi connectivity index (χ1) is 9.67. The first-order valence-electron chi connectivity index (χ1n) is 7.23. The van der Waals surface area contributed by atoms with Gasteiger partial charge in [-0.1, -0.05) is 19.9 Å². The molecule has 0 radical (unpaired) electrons. The van der Waals surface area contributed by atoms with Gasteiger partial charge in [0.1, 0.15) is 11.3 Å². The number of likely N-dealkylation sites (N-methyl/N-ethyl adjacent to an activating group) is 1. The van der Waals surface area contributed by atoms with Crippen LogP contribution in [0.1, 0.15) is 20.3 Å². The lowest BCUT2D eigenvalue weighted by Crippen LogP contribution is -2.23. The van der Waals surface area contributed by atoms with Crippen LogP contribution in [0.5, 0.6) is 5.75 Å². The molecule has 20 heavy (non-hydrogen) atoms. The predicted octanol–water partition coefficient (Wildman–Crippen LogP) is 2.36. The highest BCUT2D eigenvalue weighted by Gasteiger charge is 2.12. The smallest absolute Gasteiger partial charge is 0.201 e. The summed E-state index contributed by atoms with van der Waals surface area (Å²) < 4.78 is 7.80. The molecule has 0 saturated carbocycles. The molecular formula is C15H24N4O. The van der Waals surface area contributed by atoms with Gasteiger partial charge in [0.25, 0.3) is 0 Å². The van der Waals surface area contributed by atoms with Crippen LogP contribution < -0.4 is 10.5 Å². The molecule has 5 heteroatoms. The maximum Gasteiger partial charge on any atom is 0.201 e. The Bertz CT molecular complexity index is 564. The average molecular weight is 276 g/mol. The molecule has 1 aromatic carbocycles. The van der Waals surface area contributed by atoms with Crippen molar-refractivity contribution in [1.29, 1.82) is 0 Å². The number of nitrogen functional groups attached to an aromatic ring is 1. The molecule has 0 bridgehead atoms. The van der Waals surface area contributed by atoms with E-state index in [0.29, 0.717) is 12.6 Å². The van der Waals surface area contributed by atoms with E-state index in [1.165, 1.54) is 0 Å². The molecule has 1 aromatic heterocycles. The molecule has 2 aromatic rings. The van der Waals surface area contributed by atoms with E-state index in [-0.39, 0.29) is 0 Å². The van der Waals surface area contributed by atoms with Crippen molar-refractivity contribution >= 4 is 17.0 Å². The largest absolute Gasteiger partial charge is 0.491 e. The highest BCUT2D eigenvalue weighted by Crippen LogP contribution is 2.27. The Morgan fingerprint density at radius 1 is 1.35 bits per heavy atom. The molecular weight excluding hydrogens is 252 g/mol. The van der Waals surface area contributed by atoms with E-state index in [4.69, 9.17) is 10.5 Å². The minimum absolute atomic E-state index is 0.553. The number of rotatable bonds is 7. The quantitative estimate of drug-likeness (QED) is 0.843. The normalized spacial score (nSPS) is 11.4. The van der Waals surface area contributed by atoms with Gasteiger partial charge in [0.15, 0.2) is 0 Å². The summed E-state index contributed by atoms with van der Waals surface area (Å²) in [5.74, 6) is 1.37. The molecule has 2 rings (SSSR count). The number of nitrogens with zero attached hydrogens (tertiary/aromatic N) is 3. The SMILES string of the molecule is CCCOc1cccc2c1nc(N)n2CCN(C)CC. The van der Waals surface area contributed by atoms with Gasteiger partial charge in [0.2, 0.25) is 5.95 Å².